The first-order chi connectivity index (χ1) is 15.5. The van der Waals surface area contributed by atoms with Crippen molar-refractivity contribution in [1.82, 2.24) is 9.97 Å². The van der Waals surface area contributed by atoms with Gasteiger partial charge in [0.1, 0.15) is 5.82 Å². The second kappa shape index (κ2) is 7.79. The van der Waals surface area contributed by atoms with Gasteiger partial charge in [-0.3, -0.25) is 4.79 Å². The number of aliphatic hydroxyl groups is 1. The molecular formula is C25H19ClN4O2. The monoisotopic (exact) mass is 442 g/mol. The van der Waals surface area contributed by atoms with Gasteiger partial charge in [-0.2, -0.15) is 0 Å². The number of aromatic nitrogens is 2. The molecule has 1 saturated carbocycles. The number of amides is 1. The van der Waals surface area contributed by atoms with Gasteiger partial charge in [0.2, 0.25) is 0 Å². The predicted octanol–water partition coefficient (Wildman–Crippen LogP) is 5.46. The zero-order valence-electron chi connectivity index (χ0n) is 17.0. The van der Waals surface area contributed by atoms with Crippen LogP contribution < -0.4 is 5.32 Å². The Kier molecular flexibility index (Phi) is 4.93. The first-order valence-corrected chi connectivity index (χ1v) is 10.6. The summed E-state index contributed by atoms with van der Waals surface area (Å²) in [6, 6.07) is 19.7. The molecule has 3 N–H and O–H groups in total. The van der Waals surface area contributed by atoms with Gasteiger partial charge in [0, 0.05) is 16.3 Å². The van der Waals surface area contributed by atoms with Crippen molar-refractivity contribution >= 4 is 39.9 Å². The molecule has 6 nitrogen and oxygen atoms in total. The first kappa shape index (κ1) is 20.3. The number of aliphatic hydroxyl groups excluding tert-OH is 1. The van der Waals surface area contributed by atoms with E-state index in [2.05, 4.69) is 15.1 Å². The summed E-state index contributed by atoms with van der Waals surface area (Å²) in [6.07, 6.45) is 0.742. The molecule has 0 radical (unpaired) electrons. The smallest absolute Gasteiger partial charge is 0.254 e. The quantitative estimate of drug-likeness (QED) is 0.367. The summed E-state index contributed by atoms with van der Waals surface area (Å²) in [7, 11) is 0. The Labute approximate surface area is 189 Å². The van der Waals surface area contributed by atoms with E-state index in [0.717, 1.165) is 22.4 Å². The minimum absolute atomic E-state index is 0.272. The molecule has 0 spiro atoms. The standard InChI is InChI=1S/C25H19ClN4O2/c1-27-19-4-2-3-15(11-19)23(32)28-18-8-5-16(6-9-18)25(13-20(31)14-25)24-29-21-10-7-17(26)12-22(21)30-24/h2-12,20,31H,13-14H2,(H,28,32)(H,29,30). The second-order valence-corrected chi connectivity index (χ2v) is 8.52. The number of hydrogen-bond donors (Lipinski definition) is 3. The summed E-state index contributed by atoms with van der Waals surface area (Å²) < 4.78 is 0. The average molecular weight is 443 g/mol. The molecule has 4 aromatic rings. The van der Waals surface area contributed by atoms with Gasteiger partial charge < -0.3 is 15.4 Å². The number of hydrogen-bond acceptors (Lipinski definition) is 3. The van der Waals surface area contributed by atoms with Crippen LogP contribution in [0.25, 0.3) is 15.9 Å². The van der Waals surface area contributed by atoms with E-state index < -0.39 is 5.41 Å². The molecule has 3 aromatic carbocycles. The summed E-state index contributed by atoms with van der Waals surface area (Å²) in [6.45, 7) is 7.10. The minimum Gasteiger partial charge on any atom is -0.393 e. The zero-order chi connectivity index (χ0) is 22.3. The van der Waals surface area contributed by atoms with Crippen molar-refractivity contribution in [2.45, 2.75) is 24.4 Å². The number of nitrogens with zero attached hydrogens (tertiary/aromatic N) is 2. The van der Waals surface area contributed by atoms with Gasteiger partial charge >= 0.3 is 0 Å². The van der Waals surface area contributed by atoms with Crippen molar-refractivity contribution in [3.63, 3.8) is 0 Å². The molecule has 0 aliphatic heterocycles. The third kappa shape index (κ3) is 3.52. The molecule has 0 bridgehead atoms. The summed E-state index contributed by atoms with van der Waals surface area (Å²) >= 11 is 6.11. The summed E-state index contributed by atoms with van der Waals surface area (Å²) in [5.74, 6) is 0.527. The SMILES string of the molecule is [C-]#[N+]c1cccc(C(=O)Nc2ccc(C3(c4nc5ccc(Cl)cc5[nH]4)CC(O)C3)cc2)c1. The van der Waals surface area contributed by atoms with Gasteiger partial charge in [0.25, 0.3) is 5.91 Å². The maximum Gasteiger partial charge on any atom is 0.254 e. The lowest BCUT2D eigenvalue weighted by Gasteiger charge is -2.44. The van der Waals surface area contributed by atoms with Crippen LogP contribution in [0.1, 0.15) is 34.6 Å². The van der Waals surface area contributed by atoms with Gasteiger partial charge in [-0.05, 0) is 54.8 Å². The number of aromatic amines is 1. The number of anilines is 1. The molecule has 1 heterocycles. The molecule has 0 unspecified atom stereocenters. The maximum absolute atomic E-state index is 12.5. The van der Waals surface area contributed by atoms with E-state index in [0.29, 0.717) is 34.8 Å². The van der Waals surface area contributed by atoms with Crippen molar-refractivity contribution in [1.29, 1.82) is 0 Å². The number of halogens is 1. The molecule has 158 valence electrons. The number of fused-ring (bicyclic) bond motifs is 1. The molecule has 0 saturated heterocycles. The summed E-state index contributed by atoms with van der Waals surface area (Å²) in [5.41, 5.74) is 3.79. The van der Waals surface area contributed by atoms with Crippen LogP contribution in [0.4, 0.5) is 11.4 Å². The van der Waals surface area contributed by atoms with Gasteiger partial charge in [0.15, 0.2) is 5.69 Å². The zero-order valence-corrected chi connectivity index (χ0v) is 17.7. The highest BCUT2D eigenvalue weighted by atomic mass is 35.5. The normalized spacial score (nSPS) is 19.8. The van der Waals surface area contributed by atoms with E-state index in [9.17, 15) is 9.90 Å². The second-order valence-electron chi connectivity index (χ2n) is 8.08. The highest BCUT2D eigenvalue weighted by Crippen LogP contribution is 2.48. The highest BCUT2D eigenvalue weighted by molar-refractivity contribution is 6.31. The van der Waals surface area contributed by atoms with Crippen LogP contribution in [0, 0.1) is 6.57 Å². The Balaban J connectivity index is 1.42. The van der Waals surface area contributed by atoms with Crippen LogP contribution in [0.3, 0.4) is 0 Å². The molecule has 5 rings (SSSR count). The lowest BCUT2D eigenvalue weighted by Crippen LogP contribution is -2.46. The molecule has 0 atom stereocenters. The van der Waals surface area contributed by atoms with E-state index >= 15 is 0 Å². The Bertz CT molecular complexity index is 1360. The van der Waals surface area contributed by atoms with Crippen LogP contribution in [0.2, 0.25) is 5.02 Å². The van der Waals surface area contributed by atoms with Crippen molar-refractivity contribution in [3.8, 4) is 0 Å². The Morgan fingerprint density at radius 2 is 1.94 bits per heavy atom. The maximum atomic E-state index is 12.5. The van der Waals surface area contributed by atoms with Crippen molar-refractivity contribution in [3.05, 3.63) is 100 Å². The van der Waals surface area contributed by atoms with Crippen molar-refractivity contribution in [2.24, 2.45) is 0 Å². The summed E-state index contributed by atoms with van der Waals surface area (Å²) in [5, 5.41) is 13.6. The van der Waals surface area contributed by atoms with Gasteiger partial charge in [0.05, 0.1) is 29.1 Å². The molecular weight excluding hydrogens is 424 g/mol. The summed E-state index contributed by atoms with van der Waals surface area (Å²) in [4.78, 5) is 24.1. The number of carbonyl (C=O) groups excluding carboxylic acids is 1. The number of H-pyrrole nitrogens is 1. The Hall–Kier alpha value is -3.66. The average Bonchev–Trinajstić information content (AvgIpc) is 3.20. The van der Waals surface area contributed by atoms with Crippen LogP contribution in [0.5, 0.6) is 0 Å². The van der Waals surface area contributed by atoms with E-state index in [1.807, 2.05) is 42.5 Å². The fourth-order valence-corrected chi connectivity index (χ4v) is 4.48. The minimum atomic E-state index is -0.419. The van der Waals surface area contributed by atoms with Crippen LogP contribution in [0.15, 0.2) is 66.7 Å². The molecule has 1 aliphatic rings. The highest BCUT2D eigenvalue weighted by Gasteiger charge is 2.48. The third-order valence-electron chi connectivity index (χ3n) is 6.00. The lowest BCUT2D eigenvalue weighted by molar-refractivity contribution is 0.0341. The largest absolute Gasteiger partial charge is 0.393 e. The van der Waals surface area contributed by atoms with Crippen molar-refractivity contribution in [2.75, 3.05) is 5.32 Å². The van der Waals surface area contributed by atoms with Gasteiger partial charge in [-0.15, -0.1) is 0 Å². The lowest BCUT2D eigenvalue weighted by atomic mass is 9.62. The third-order valence-corrected chi connectivity index (χ3v) is 6.23. The number of imidazole rings is 1. The van der Waals surface area contributed by atoms with Crippen molar-refractivity contribution < 1.29 is 9.90 Å². The van der Waals surface area contributed by atoms with E-state index in [4.69, 9.17) is 23.2 Å². The fourth-order valence-electron chi connectivity index (χ4n) is 4.31. The first-order valence-electron chi connectivity index (χ1n) is 10.2. The number of benzene rings is 3. The van der Waals surface area contributed by atoms with E-state index in [1.165, 1.54) is 0 Å². The Morgan fingerprint density at radius 1 is 1.16 bits per heavy atom. The topological polar surface area (TPSA) is 82.4 Å². The molecule has 32 heavy (non-hydrogen) atoms. The molecule has 1 aromatic heterocycles. The molecule has 1 fully saturated rings. The van der Waals surface area contributed by atoms with E-state index in [1.54, 1.807) is 24.3 Å². The van der Waals surface area contributed by atoms with Crippen LogP contribution in [-0.2, 0) is 5.41 Å². The molecule has 1 aliphatic carbocycles. The number of carbonyl (C=O) groups is 1. The predicted molar refractivity (Wildman–Crippen MR) is 124 cm³/mol. The van der Waals surface area contributed by atoms with Gasteiger partial charge in [-0.25, -0.2) is 9.83 Å². The van der Waals surface area contributed by atoms with Gasteiger partial charge in [-0.1, -0.05) is 41.9 Å². The van der Waals surface area contributed by atoms with Crippen LogP contribution >= 0.6 is 11.6 Å². The number of rotatable bonds is 4. The van der Waals surface area contributed by atoms with Crippen LogP contribution in [-0.4, -0.2) is 27.1 Å². The number of nitrogens with one attached hydrogen (secondary N) is 2. The Morgan fingerprint density at radius 3 is 2.66 bits per heavy atom. The fraction of sp³-hybridized carbons (Fsp3) is 0.160. The molecule has 1 amide bonds. The molecule has 7 heteroatoms. The van der Waals surface area contributed by atoms with E-state index in [-0.39, 0.29) is 12.0 Å².